The van der Waals surface area contributed by atoms with Gasteiger partial charge in [0.2, 0.25) is 0 Å². The fourth-order valence-corrected chi connectivity index (χ4v) is 1.88. The lowest BCUT2D eigenvalue weighted by Gasteiger charge is -2.04. The predicted molar refractivity (Wildman–Crippen MR) is 71.5 cm³/mol. The van der Waals surface area contributed by atoms with E-state index < -0.39 is 5.97 Å². The molecule has 0 aliphatic heterocycles. The van der Waals surface area contributed by atoms with Crippen LogP contribution < -0.4 is 5.73 Å². The Kier molecular flexibility index (Phi) is 3.09. The van der Waals surface area contributed by atoms with Gasteiger partial charge in [-0.2, -0.15) is 5.10 Å². The highest BCUT2D eigenvalue weighted by Gasteiger charge is 2.27. The molecule has 0 amide bonds. The Morgan fingerprint density at radius 3 is 3.00 bits per heavy atom. The molecule has 0 aromatic carbocycles. The molecule has 1 saturated carbocycles. The molecule has 2 aromatic rings. The summed E-state index contributed by atoms with van der Waals surface area (Å²) in [6.45, 7) is 2.09. The van der Waals surface area contributed by atoms with Crippen LogP contribution in [0.3, 0.4) is 0 Å². The standard InChI is InChI=1S/C13H15N5O2/c1-2-20-13(19)9-6-15-18(7-9)11-5-10(14)16-12(17-11)8-3-4-8/h5-8H,2-4H2,1H3,(H2,14,16,17). The second-order valence-electron chi connectivity index (χ2n) is 4.68. The van der Waals surface area contributed by atoms with Gasteiger partial charge in [0, 0.05) is 18.2 Å². The Balaban J connectivity index is 1.90. The molecule has 2 heterocycles. The van der Waals surface area contributed by atoms with E-state index in [4.69, 9.17) is 10.5 Å². The van der Waals surface area contributed by atoms with Crippen molar-refractivity contribution in [2.45, 2.75) is 25.7 Å². The number of carbonyl (C=O) groups excluding carboxylic acids is 1. The molecule has 0 unspecified atom stereocenters. The van der Waals surface area contributed by atoms with E-state index in [0.717, 1.165) is 18.7 Å². The first kappa shape index (κ1) is 12.6. The summed E-state index contributed by atoms with van der Waals surface area (Å²) in [4.78, 5) is 20.3. The highest BCUT2D eigenvalue weighted by atomic mass is 16.5. The quantitative estimate of drug-likeness (QED) is 0.843. The van der Waals surface area contributed by atoms with Crippen molar-refractivity contribution in [3.63, 3.8) is 0 Å². The van der Waals surface area contributed by atoms with E-state index in [1.807, 2.05) is 0 Å². The zero-order valence-corrected chi connectivity index (χ0v) is 11.1. The number of nitrogens with zero attached hydrogens (tertiary/aromatic N) is 4. The molecule has 0 radical (unpaired) electrons. The van der Waals surface area contributed by atoms with Crippen LogP contribution in [0.2, 0.25) is 0 Å². The third kappa shape index (κ3) is 2.47. The molecular weight excluding hydrogens is 258 g/mol. The molecule has 1 fully saturated rings. The molecule has 1 aliphatic rings. The number of nitrogens with two attached hydrogens (primary N) is 1. The SMILES string of the molecule is CCOC(=O)c1cnn(-c2cc(N)nc(C3CC3)n2)c1. The molecule has 3 rings (SSSR count). The molecule has 0 saturated heterocycles. The zero-order chi connectivity index (χ0) is 14.1. The van der Waals surface area contributed by atoms with Gasteiger partial charge in [-0.1, -0.05) is 0 Å². The molecule has 7 nitrogen and oxygen atoms in total. The fraction of sp³-hybridized carbons (Fsp3) is 0.385. The van der Waals surface area contributed by atoms with Crippen molar-refractivity contribution in [2.75, 3.05) is 12.3 Å². The van der Waals surface area contributed by atoms with Gasteiger partial charge in [-0.15, -0.1) is 0 Å². The van der Waals surface area contributed by atoms with Crippen LogP contribution in [-0.2, 0) is 4.74 Å². The van der Waals surface area contributed by atoms with Crippen LogP contribution in [0.25, 0.3) is 5.82 Å². The van der Waals surface area contributed by atoms with E-state index in [1.54, 1.807) is 19.2 Å². The summed E-state index contributed by atoms with van der Waals surface area (Å²) in [6, 6.07) is 1.63. The predicted octanol–water partition coefficient (Wildman–Crippen LogP) is 1.30. The first-order valence-corrected chi connectivity index (χ1v) is 6.54. The summed E-state index contributed by atoms with van der Waals surface area (Å²) in [6.07, 6.45) is 5.22. The van der Waals surface area contributed by atoms with Gasteiger partial charge in [-0.25, -0.2) is 19.4 Å². The summed E-state index contributed by atoms with van der Waals surface area (Å²) < 4.78 is 6.43. The Morgan fingerprint density at radius 2 is 2.30 bits per heavy atom. The minimum atomic E-state index is -0.400. The van der Waals surface area contributed by atoms with Gasteiger partial charge in [0.25, 0.3) is 0 Å². The van der Waals surface area contributed by atoms with E-state index in [-0.39, 0.29) is 0 Å². The smallest absolute Gasteiger partial charge is 0.341 e. The number of nitrogen functional groups attached to an aromatic ring is 1. The molecular formula is C13H15N5O2. The Labute approximate surface area is 115 Å². The third-order valence-electron chi connectivity index (χ3n) is 3.02. The number of esters is 1. The van der Waals surface area contributed by atoms with Gasteiger partial charge in [-0.3, -0.25) is 0 Å². The zero-order valence-electron chi connectivity index (χ0n) is 11.1. The average molecular weight is 273 g/mol. The lowest BCUT2D eigenvalue weighted by atomic mass is 10.3. The lowest BCUT2D eigenvalue weighted by molar-refractivity contribution is 0.0526. The van der Waals surface area contributed by atoms with Crippen molar-refractivity contribution in [2.24, 2.45) is 0 Å². The molecule has 2 N–H and O–H groups in total. The van der Waals surface area contributed by atoms with Crippen LogP contribution in [0.15, 0.2) is 18.5 Å². The second-order valence-corrected chi connectivity index (χ2v) is 4.68. The van der Waals surface area contributed by atoms with Crippen molar-refractivity contribution < 1.29 is 9.53 Å². The third-order valence-corrected chi connectivity index (χ3v) is 3.02. The first-order chi connectivity index (χ1) is 9.67. The van der Waals surface area contributed by atoms with Crippen molar-refractivity contribution in [1.29, 1.82) is 0 Å². The van der Waals surface area contributed by atoms with Crippen LogP contribution in [-0.4, -0.2) is 32.3 Å². The highest BCUT2D eigenvalue weighted by Crippen LogP contribution is 2.38. The van der Waals surface area contributed by atoms with Gasteiger partial charge in [0.1, 0.15) is 11.6 Å². The first-order valence-electron chi connectivity index (χ1n) is 6.54. The van der Waals surface area contributed by atoms with Gasteiger partial charge in [0.05, 0.1) is 18.4 Å². The largest absolute Gasteiger partial charge is 0.462 e. The Bertz CT molecular complexity index is 648. The van der Waals surface area contributed by atoms with Crippen LogP contribution in [0, 0.1) is 0 Å². The minimum absolute atomic E-state index is 0.330. The van der Waals surface area contributed by atoms with E-state index in [1.165, 1.54) is 10.9 Å². The van der Waals surface area contributed by atoms with Crippen LogP contribution in [0.4, 0.5) is 5.82 Å². The van der Waals surface area contributed by atoms with E-state index >= 15 is 0 Å². The maximum atomic E-state index is 11.6. The van der Waals surface area contributed by atoms with Crippen molar-refractivity contribution in [3.05, 3.63) is 29.8 Å². The van der Waals surface area contributed by atoms with Crippen LogP contribution >= 0.6 is 0 Å². The highest BCUT2D eigenvalue weighted by molar-refractivity contribution is 5.88. The molecule has 2 aromatic heterocycles. The van der Waals surface area contributed by atoms with E-state index in [0.29, 0.717) is 29.7 Å². The summed E-state index contributed by atoms with van der Waals surface area (Å²) in [5.74, 6) is 1.72. The molecule has 7 heteroatoms. The number of aromatic nitrogens is 4. The average Bonchev–Trinajstić information content (AvgIpc) is 3.15. The molecule has 20 heavy (non-hydrogen) atoms. The number of hydrogen-bond donors (Lipinski definition) is 1. The van der Waals surface area contributed by atoms with E-state index in [2.05, 4.69) is 15.1 Å². The number of ether oxygens (including phenoxy) is 1. The summed E-state index contributed by atoms with van der Waals surface area (Å²) >= 11 is 0. The van der Waals surface area contributed by atoms with Crippen LogP contribution in [0.1, 0.15) is 41.9 Å². The van der Waals surface area contributed by atoms with E-state index in [9.17, 15) is 4.79 Å². The fourth-order valence-electron chi connectivity index (χ4n) is 1.88. The maximum Gasteiger partial charge on any atom is 0.341 e. The van der Waals surface area contributed by atoms with Crippen molar-refractivity contribution in [1.82, 2.24) is 19.7 Å². The normalized spacial score (nSPS) is 14.2. The maximum absolute atomic E-state index is 11.6. The molecule has 0 spiro atoms. The van der Waals surface area contributed by atoms with Crippen molar-refractivity contribution >= 4 is 11.8 Å². The summed E-state index contributed by atoms with van der Waals surface area (Å²) in [5.41, 5.74) is 6.18. The molecule has 104 valence electrons. The molecule has 0 bridgehead atoms. The number of rotatable bonds is 4. The topological polar surface area (TPSA) is 95.9 Å². The Hall–Kier alpha value is -2.44. The summed E-state index contributed by atoms with van der Waals surface area (Å²) in [5, 5.41) is 4.12. The molecule has 1 aliphatic carbocycles. The number of hydrogen-bond acceptors (Lipinski definition) is 6. The van der Waals surface area contributed by atoms with Gasteiger partial charge >= 0.3 is 5.97 Å². The Morgan fingerprint density at radius 1 is 1.50 bits per heavy atom. The summed E-state index contributed by atoms with van der Waals surface area (Å²) in [7, 11) is 0. The second kappa shape index (κ2) is 4.92. The lowest BCUT2D eigenvalue weighted by Crippen LogP contribution is -2.06. The minimum Gasteiger partial charge on any atom is -0.462 e. The van der Waals surface area contributed by atoms with Gasteiger partial charge in [-0.05, 0) is 19.8 Å². The van der Waals surface area contributed by atoms with Gasteiger partial charge < -0.3 is 10.5 Å². The van der Waals surface area contributed by atoms with Gasteiger partial charge in [0.15, 0.2) is 5.82 Å². The van der Waals surface area contributed by atoms with Crippen molar-refractivity contribution in [3.8, 4) is 5.82 Å². The monoisotopic (exact) mass is 273 g/mol. The molecule has 0 atom stereocenters. The van der Waals surface area contributed by atoms with Crippen LogP contribution in [0.5, 0.6) is 0 Å². The number of anilines is 1. The number of carbonyl (C=O) groups is 1.